The molecule has 0 aliphatic carbocycles. The molecule has 2 heterocycles. The van der Waals surface area contributed by atoms with Crippen LogP contribution in [0, 0.1) is 19.3 Å². The number of nitrogens with zero attached hydrogens (tertiary/aromatic N) is 2. The van der Waals surface area contributed by atoms with Crippen LogP contribution in [-0.2, 0) is 11.3 Å². The highest BCUT2D eigenvalue weighted by Gasteiger charge is 2.24. The molecule has 0 saturated heterocycles. The highest BCUT2D eigenvalue weighted by atomic mass is 16.5. The highest BCUT2D eigenvalue weighted by molar-refractivity contribution is 6.11. The number of carbonyl (C=O) groups excluding carboxylic acids is 1. The first-order valence-electron chi connectivity index (χ1n) is 8.75. The third-order valence-electron chi connectivity index (χ3n) is 4.71. The number of rotatable bonds is 3. The third kappa shape index (κ3) is 2.42. The van der Waals surface area contributed by atoms with Crippen LogP contribution in [0.3, 0.4) is 0 Å². The van der Waals surface area contributed by atoms with Gasteiger partial charge >= 0.3 is 5.97 Å². The molecule has 2 aromatic carbocycles. The van der Waals surface area contributed by atoms with Gasteiger partial charge in [0.15, 0.2) is 0 Å². The number of imidazole rings is 1. The van der Waals surface area contributed by atoms with Gasteiger partial charge in [0.2, 0.25) is 0 Å². The lowest BCUT2D eigenvalue weighted by molar-refractivity contribution is 0.0530. The molecule has 0 saturated carbocycles. The molecule has 4 aromatic rings. The second-order valence-electron chi connectivity index (χ2n) is 6.39. The molecule has 2 aromatic heterocycles. The Balaban J connectivity index is 2.35. The zero-order valence-electron chi connectivity index (χ0n) is 15.2. The van der Waals surface area contributed by atoms with Crippen LogP contribution in [0.1, 0.15) is 22.8 Å². The first-order chi connectivity index (χ1) is 13.1. The van der Waals surface area contributed by atoms with Crippen LogP contribution in [0.25, 0.3) is 27.5 Å². The molecule has 4 rings (SSSR count). The van der Waals surface area contributed by atoms with Crippen LogP contribution in [0.5, 0.6) is 0 Å². The van der Waals surface area contributed by atoms with E-state index in [0.29, 0.717) is 27.5 Å². The van der Waals surface area contributed by atoms with Crippen molar-refractivity contribution >= 4 is 33.4 Å². The molecule has 0 aliphatic rings. The average Bonchev–Trinajstić information content (AvgIpc) is 2.96. The molecular formula is C22H18N2O3. The standard InChI is InChI=1S/C22H18N2O3/c1-4-12-23-18-13-14(3)10-11-17(18)24-20(23)19(22(26)27-5-2)15-8-6-7-9-16(15)21(24)25/h1,6-11,13H,5,12H2,2-3H3. The number of aryl methyl sites for hydroxylation is 1. The van der Waals surface area contributed by atoms with E-state index >= 15 is 0 Å². The summed E-state index contributed by atoms with van der Waals surface area (Å²) in [5.41, 5.74) is 3.21. The summed E-state index contributed by atoms with van der Waals surface area (Å²) < 4.78 is 8.72. The maximum absolute atomic E-state index is 13.3. The van der Waals surface area contributed by atoms with Crippen molar-refractivity contribution in [3.63, 3.8) is 0 Å². The lowest BCUT2D eigenvalue weighted by atomic mass is 10.1. The average molecular weight is 358 g/mol. The number of benzene rings is 2. The molecular weight excluding hydrogens is 340 g/mol. The van der Waals surface area contributed by atoms with Crippen LogP contribution in [0.15, 0.2) is 47.3 Å². The summed E-state index contributed by atoms with van der Waals surface area (Å²) in [4.78, 5) is 26.2. The van der Waals surface area contributed by atoms with Gasteiger partial charge in [-0.1, -0.05) is 30.2 Å². The van der Waals surface area contributed by atoms with Gasteiger partial charge in [-0.15, -0.1) is 6.42 Å². The minimum atomic E-state index is -0.469. The van der Waals surface area contributed by atoms with Crippen LogP contribution in [-0.4, -0.2) is 21.5 Å². The number of hydrogen-bond acceptors (Lipinski definition) is 3. The smallest absolute Gasteiger partial charge is 0.342 e. The van der Waals surface area contributed by atoms with E-state index < -0.39 is 5.97 Å². The predicted octanol–water partition coefficient (Wildman–Crippen LogP) is 3.53. The normalized spacial score (nSPS) is 11.1. The quantitative estimate of drug-likeness (QED) is 0.416. The van der Waals surface area contributed by atoms with Crippen molar-refractivity contribution in [1.82, 2.24) is 8.97 Å². The van der Waals surface area contributed by atoms with Gasteiger partial charge in [-0.05, 0) is 37.6 Å². The Labute approximate surface area is 155 Å². The van der Waals surface area contributed by atoms with E-state index in [4.69, 9.17) is 11.2 Å². The van der Waals surface area contributed by atoms with Gasteiger partial charge in [0.25, 0.3) is 5.56 Å². The third-order valence-corrected chi connectivity index (χ3v) is 4.71. The van der Waals surface area contributed by atoms with E-state index in [1.165, 1.54) is 0 Å². The Morgan fingerprint density at radius 3 is 2.59 bits per heavy atom. The van der Waals surface area contributed by atoms with Crippen molar-refractivity contribution in [2.75, 3.05) is 6.61 Å². The topological polar surface area (TPSA) is 52.7 Å². The summed E-state index contributed by atoms with van der Waals surface area (Å²) in [5.74, 6) is 2.17. The first kappa shape index (κ1) is 16.9. The van der Waals surface area contributed by atoms with E-state index in [2.05, 4.69) is 5.92 Å². The Morgan fingerprint density at radius 2 is 1.89 bits per heavy atom. The van der Waals surface area contributed by atoms with E-state index in [0.717, 1.165) is 11.1 Å². The monoisotopic (exact) mass is 358 g/mol. The largest absolute Gasteiger partial charge is 0.462 e. The Hall–Kier alpha value is -3.52. The van der Waals surface area contributed by atoms with Crippen molar-refractivity contribution in [3.8, 4) is 12.3 Å². The van der Waals surface area contributed by atoms with Gasteiger partial charge in [-0.3, -0.25) is 9.20 Å². The van der Waals surface area contributed by atoms with Crippen molar-refractivity contribution in [1.29, 1.82) is 0 Å². The molecule has 0 amide bonds. The van der Waals surface area contributed by atoms with Gasteiger partial charge in [0, 0.05) is 10.8 Å². The summed E-state index contributed by atoms with van der Waals surface area (Å²) in [7, 11) is 0. The lowest BCUT2D eigenvalue weighted by Crippen LogP contribution is -2.19. The molecule has 0 N–H and O–H groups in total. The molecule has 134 valence electrons. The van der Waals surface area contributed by atoms with E-state index in [9.17, 15) is 9.59 Å². The number of aromatic nitrogens is 2. The minimum absolute atomic E-state index is 0.182. The van der Waals surface area contributed by atoms with Gasteiger partial charge in [0.05, 0.1) is 24.2 Å². The number of terminal acetylenes is 1. The molecule has 5 heteroatoms. The number of esters is 1. The molecule has 5 nitrogen and oxygen atoms in total. The second kappa shape index (κ2) is 6.33. The van der Waals surface area contributed by atoms with Crippen LogP contribution in [0.2, 0.25) is 0 Å². The molecule has 0 unspecified atom stereocenters. The number of pyridine rings is 1. The van der Waals surface area contributed by atoms with Crippen molar-refractivity contribution in [2.24, 2.45) is 0 Å². The number of ether oxygens (including phenoxy) is 1. The van der Waals surface area contributed by atoms with Crippen LogP contribution in [0.4, 0.5) is 0 Å². The van der Waals surface area contributed by atoms with E-state index in [1.807, 2.05) is 29.7 Å². The molecule has 27 heavy (non-hydrogen) atoms. The molecule has 0 spiro atoms. The van der Waals surface area contributed by atoms with Crippen molar-refractivity contribution in [3.05, 3.63) is 63.9 Å². The zero-order valence-corrected chi connectivity index (χ0v) is 15.2. The lowest BCUT2D eigenvalue weighted by Gasteiger charge is -2.11. The predicted molar refractivity (Wildman–Crippen MR) is 106 cm³/mol. The second-order valence-corrected chi connectivity index (χ2v) is 6.39. The zero-order chi connectivity index (χ0) is 19.1. The first-order valence-corrected chi connectivity index (χ1v) is 8.75. The fourth-order valence-corrected chi connectivity index (χ4v) is 3.62. The Morgan fingerprint density at radius 1 is 1.15 bits per heavy atom. The van der Waals surface area contributed by atoms with Gasteiger partial charge in [0.1, 0.15) is 11.2 Å². The molecule has 0 radical (unpaired) electrons. The van der Waals surface area contributed by atoms with Crippen LogP contribution >= 0.6 is 0 Å². The van der Waals surface area contributed by atoms with Gasteiger partial charge in [-0.2, -0.15) is 0 Å². The maximum atomic E-state index is 13.3. The molecule has 0 fully saturated rings. The van der Waals surface area contributed by atoms with Gasteiger partial charge in [-0.25, -0.2) is 4.79 Å². The highest BCUT2D eigenvalue weighted by Crippen LogP contribution is 2.28. The number of hydrogen-bond donors (Lipinski definition) is 0. The van der Waals surface area contributed by atoms with Gasteiger partial charge < -0.3 is 9.30 Å². The van der Waals surface area contributed by atoms with E-state index in [-0.39, 0.29) is 18.7 Å². The Kier molecular flexibility index (Phi) is 3.97. The SMILES string of the molecule is C#CCn1c2cc(C)ccc2n2c(=O)c3ccccc3c(C(=O)OCC)c12. The summed E-state index contributed by atoms with van der Waals surface area (Å²) >= 11 is 0. The number of carbonyl (C=O) groups is 1. The maximum Gasteiger partial charge on any atom is 0.342 e. The molecule has 0 aliphatic heterocycles. The summed E-state index contributed by atoms with van der Waals surface area (Å²) in [6, 6.07) is 12.9. The molecule has 0 bridgehead atoms. The fraction of sp³-hybridized carbons (Fsp3) is 0.182. The Bertz CT molecular complexity index is 1320. The summed E-state index contributed by atoms with van der Waals surface area (Å²) in [5, 5.41) is 1.04. The summed E-state index contributed by atoms with van der Waals surface area (Å²) in [6.07, 6.45) is 5.60. The minimum Gasteiger partial charge on any atom is -0.462 e. The van der Waals surface area contributed by atoms with Crippen molar-refractivity contribution in [2.45, 2.75) is 20.4 Å². The fourth-order valence-electron chi connectivity index (χ4n) is 3.62. The van der Waals surface area contributed by atoms with Crippen LogP contribution < -0.4 is 5.56 Å². The summed E-state index contributed by atoms with van der Waals surface area (Å²) in [6.45, 7) is 4.21. The van der Waals surface area contributed by atoms with Crippen molar-refractivity contribution < 1.29 is 9.53 Å². The van der Waals surface area contributed by atoms with E-state index in [1.54, 1.807) is 35.6 Å². The number of fused-ring (bicyclic) bond motifs is 4. The molecule has 0 atom stereocenters.